The third kappa shape index (κ3) is 1.93. The summed E-state index contributed by atoms with van der Waals surface area (Å²) in [5.74, 6) is 0.698. The fourth-order valence-corrected chi connectivity index (χ4v) is 2.17. The fraction of sp³-hybridized carbons (Fsp3) is 0.273. The molecule has 4 nitrogen and oxygen atoms in total. The molecule has 6 heteroatoms. The first kappa shape index (κ1) is 12.4. The molecule has 0 saturated carbocycles. The van der Waals surface area contributed by atoms with E-state index in [0.717, 1.165) is 21.4 Å². The van der Waals surface area contributed by atoms with Crippen LogP contribution < -0.4 is 5.73 Å². The molecule has 0 aliphatic rings. The number of nitrogens with zero attached hydrogens (tertiary/aromatic N) is 3. The van der Waals surface area contributed by atoms with Gasteiger partial charge in [-0.15, -0.1) is 0 Å². The van der Waals surface area contributed by atoms with Crippen molar-refractivity contribution < 1.29 is 0 Å². The van der Waals surface area contributed by atoms with Crippen LogP contribution in [0.5, 0.6) is 0 Å². The summed E-state index contributed by atoms with van der Waals surface area (Å²) in [6.45, 7) is 5.70. The Labute approximate surface area is 113 Å². The average molecular weight is 316 g/mol. The molecular weight excluding hydrogens is 304 g/mol. The van der Waals surface area contributed by atoms with Crippen LogP contribution in [0, 0.1) is 20.8 Å². The summed E-state index contributed by atoms with van der Waals surface area (Å²) >= 11 is 9.61. The molecule has 0 unspecified atom stereocenters. The molecule has 0 fully saturated rings. The standard InChI is InChI=1S/C11H12BrClN4/c1-5-8(14)4-15-11(9(5)12)17-7(3)10(13)6(2)16-17/h4H,14H2,1-3H3. The van der Waals surface area contributed by atoms with Gasteiger partial charge in [0.1, 0.15) is 0 Å². The summed E-state index contributed by atoms with van der Waals surface area (Å²) in [6, 6.07) is 0. The van der Waals surface area contributed by atoms with Crippen molar-refractivity contribution in [3.63, 3.8) is 0 Å². The first-order chi connectivity index (χ1) is 7.93. The molecule has 17 heavy (non-hydrogen) atoms. The van der Waals surface area contributed by atoms with Crippen LogP contribution in [0.25, 0.3) is 5.82 Å². The number of hydrogen-bond donors (Lipinski definition) is 1. The van der Waals surface area contributed by atoms with Crippen molar-refractivity contribution in [3.8, 4) is 5.82 Å². The van der Waals surface area contributed by atoms with Gasteiger partial charge in [0.05, 0.1) is 32.8 Å². The molecule has 2 aromatic rings. The molecule has 0 radical (unpaired) electrons. The zero-order valence-corrected chi connectivity index (χ0v) is 12.1. The topological polar surface area (TPSA) is 56.7 Å². The van der Waals surface area contributed by atoms with Gasteiger partial charge in [0, 0.05) is 0 Å². The highest BCUT2D eigenvalue weighted by Gasteiger charge is 2.15. The van der Waals surface area contributed by atoms with Gasteiger partial charge < -0.3 is 5.73 Å². The quantitative estimate of drug-likeness (QED) is 0.879. The van der Waals surface area contributed by atoms with Gasteiger partial charge >= 0.3 is 0 Å². The van der Waals surface area contributed by atoms with Gasteiger partial charge in [-0.05, 0) is 42.3 Å². The van der Waals surface area contributed by atoms with Crippen LogP contribution in [-0.2, 0) is 0 Å². The number of nitrogens with two attached hydrogens (primary N) is 1. The van der Waals surface area contributed by atoms with E-state index >= 15 is 0 Å². The Balaban J connectivity index is 2.69. The molecule has 0 saturated heterocycles. The van der Waals surface area contributed by atoms with Gasteiger partial charge in [-0.2, -0.15) is 5.10 Å². The van der Waals surface area contributed by atoms with Crippen LogP contribution in [0.4, 0.5) is 5.69 Å². The molecule has 0 aliphatic carbocycles. The summed E-state index contributed by atoms with van der Waals surface area (Å²) in [4.78, 5) is 4.29. The van der Waals surface area contributed by atoms with Crippen molar-refractivity contribution in [2.75, 3.05) is 5.73 Å². The van der Waals surface area contributed by atoms with Crippen molar-refractivity contribution in [1.82, 2.24) is 14.8 Å². The molecule has 2 aromatic heterocycles. The predicted molar refractivity (Wildman–Crippen MR) is 72.7 cm³/mol. The zero-order valence-electron chi connectivity index (χ0n) is 9.75. The van der Waals surface area contributed by atoms with Crippen molar-refractivity contribution in [1.29, 1.82) is 0 Å². The van der Waals surface area contributed by atoms with E-state index in [0.29, 0.717) is 16.5 Å². The lowest BCUT2D eigenvalue weighted by atomic mass is 10.2. The number of hydrogen-bond acceptors (Lipinski definition) is 3. The van der Waals surface area contributed by atoms with Gasteiger partial charge in [-0.1, -0.05) is 11.6 Å². The van der Waals surface area contributed by atoms with Crippen molar-refractivity contribution >= 4 is 33.2 Å². The zero-order chi connectivity index (χ0) is 12.7. The first-order valence-corrected chi connectivity index (χ1v) is 6.23. The van der Waals surface area contributed by atoms with Crippen LogP contribution in [0.1, 0.15) is 17.0 Å². The van der Waals surface area contributed by atoms with E-state index in [4.69, 9.17) is 17.3 Å². The highest BCUT2D eigenvalue weighted by atomic mass is 79.9. The number of rotatable bonds is 1. The number of aromatic nitrogens is 3. The molecule has 2 N–H and O–H groups in total. The van der Waals surface area contributed by atoms with E-state index in [9.17, 15) is 0 Å². The maximum Gasteiger partial charge on any atom is 0.168 e. The van der Waals surface area contributed by atoms with Crippen LogP contribution in [-0.4, -0.2) is 14.8 Å². The van der Waals surface area contributed by atoms with Crippen molar-refractivity contribution in [2.45, 2.75) is 20.8 Å². The van der Waals surface area contributed by atoms with Crippen LogP contribution in [0.3, 0.4) is 0 Å². The van der Waals surface area contributed by atoms with Crippen LogP contribution >= 0.6 is 27.5 Å². The number of anilines is 1. The molecule has 0 aromatic carbocycles. The molecule has 0 spiro atoms. The number of aryl methyl sites for hydroxylation is 1. The highest BCUT2D eigenvalue weighted by Crippen LogP contribution is 2.29. The maximum atomic E-state index is 6.12. The Morgan fingerprint density at radius 2 is 2.00 bits per heavy atom. The summed E-state index contributed by atoms with van der Waals surface area (Å²) in [5.41, 5.74) is 9.03. The molecule has 0 atom stereocenters. The first-order valence-electron chi connectivity index (χ1n) is 5.06. The Hall–Kier alpha value is -1.07. The largest absolute Gasteiger partial charge is 0.397 e. The molecule has 0 aliphatic heterocycles. The monoisotopic (exact) mass is 314 g/mol. The van der Waals surface area contributed by atoms with Gasteiger partial charge in [-0.25, -0.2) is 9.67 Å². The van der Waals surface area contributed by atoms with E-state index in [2.05, 4.69) is 26.0 Å². The third-order valence-corrected chi connectivity index (χ3v) is 4.18. The van der Waals surface area contributed by atoms with Gasteiger partial charge in [0.15, 0.2) is 5.82 Å². The normalized spacial score (nSPS) is 10.9. The number of pyridine rings is 1. The summed E-state index contributed by atoms with van der Waals surface area (Å²) in [6.07, 6.45) is 1.62. The second kappa shape index (κ2) is 4.31. The Morgan fingerprint density at radius 3 is 2.53 bits per heavy atom. The number of nitrogen functional groups attached to an aromatic ring is 1. The minimum atomic E-state index is 0.647. The molecule has 2 heterocycles. The lowest BCUT2D eigenvalue weighted by molar-refractivity contribution is 0.800. The second-order valence-corrected chi connectivity index (χ2v) is 5.04. The van der Waals surface area contributed by atoms with Crippen LogP contribution in [0.2, 0.25) is 5.02 Å². The lowest BCUT2D eigenvalue weighted by Crippen LogP contribution is -2.05. The third-order valence-electron chi connectivity index (χ3n) is 2.69. The molecule has 2 rings (SSSR count). The van der Waals surface area contributed by atoms with E-state index in [1.54, 1.807) is 10.9 Å². The summed E-state index contributed by atoms with van der Waals surface area (Å²) in [7, 11) is 0. The van der Waals surface area contributed by atoms with E-state index in [1.165, 1.54) is 0 Å². The van der Waals surface area contributed by atoms with E-state index in [-0.39, 0.29) is 0 Å². The average Bonchev–Trinajstić information content (AvgIpc) is 2.54. The van der Waals surface area contributed by atoms with Gasteiger partial charge in [0.25, 0.3) is 0 Å². The van der Waals surface area contributed by atoms with Gasteiger partial charge in [0.2, 0.25) is 0 Å². The second-order valence-electron chi connectivity index (χ2n) is 3.87. The van der Waals surface area contributed by atoms with Crippen molar-refractivity contribution in [2.24, 2.45) is 0 Å². The Morgan fingerprint density at radius 1 is 1.35 bits per heavy atom. The highest BCUT2D eigenvalue weighted by molar-refractivity contribution is 9.10. The molecule has 90 valence electrons. The molecule has 0 bridgehead atoms. The SMILES string of the molecule is Cc1nn(-c2ncc(N)c(C)c2Br)c(C)c1Cl. The number of halogens is 2. The predicted octanol–water partition coefficient (Wildman–Crippen LogP) is 3.19. The minimum Gasteiger partial charge on any atom is -0.397 e. The summed E-state index contributed by atoms with van der Waals surface area (Å²) in [5, 5.41) is 5.02. The lowest BCUT2D eigenvalue weighted by Gasteiger charge is -2.09. The molecule has 0 amide bonds. The smallest absolute Gasteiger partial charge is 0.168 e. The fourth-order valence-electron chi connectivity index (χ4n) is 1.56. The van der Waals surface area contributed by atoms with E-state index in [1.807, 2.05) is 20.8 Å². The van der Waals surface area contributed by atoms with Gasteiger partial charge in [-0.3, -0.25) is 0 Å². The molecular formula is C11H12BrClN4. The van der Waals surface area contributed by atoms with Crippen LogP contribution in [0.15, 0.2) is 10.7 Å². The van der Waals surface area contributed by atoms with Crippen molar-refractivity contribution in [3.05, 3.63) is 32.6 Å². The summed E-state index contributed by atoms with van der Waals surface area (Å²) < 4.78 is 2.55. The Bertz CT molecular complexity index is 592. The minimum absolute atomic E-state index is 0.647. The Kier molecular flexibility index (Phi) is 3.14. The maximum absolute atomic E-state index is 6.12. The van der Waals surface area contributed by atoms with E-state index < -0.39 is 0 Å².